The summed E-state index contributed by atoms with van der Waals surface area (Å²) in [6, 6.07) is 12.8. The van der Waals surface area contributed by atoms with E-state index >= 15 is 0 Å². The standard InChI is InChI=1S/C34H55NO4Si2/c1-26-23-28(19-20-31(36)37-9)24-27(2)32(26)35(21-14-15-22-38-40(10,11)33(3,4)5)29-17-16-18-30(25-29)39-41(12,13)34(6,7)8/h16-20,23-25H,14-15,21-22H2,1-13H3/b20-19+. The molecular formula is C34H55NO4Si2. The molecule has 0 aliphatic heterocycles. The van der Waals surface area contributed by atoms with Gasteiger partial charge in [-0.15, -0.1) is 0 Å². The third-order valence-electron chi connectivity index (χ3n) is 8.75. The number of benzene rings is 2. The molecule has 0 aliphatic carbocycles. The molecular weight excluding hydrogens is 543 g/mol. The van der Waals surface area contributed by atoms with Crippen molar-refractivity contribution in [3.05, 3.63) is 59.2 Å². The molecule has 2 rings (SSSR count). The highest BCUT2D eigenvalue weighted by Gasteiger charge is 2.39. The summed E-state index contributed by atoms with van der Waals surface area (Å²) in [5, 5.41) is 0.329. The average Bonchev–Trinajstić information content (AvgIpc) is 2.84. The molecule has 0 bridgehead atoms. The van der Waals surface area contributed by atoms with Crippen LogP contribution in [-0.2, 0) is 14.0 Å². The van der Waals surface area contributed by atoms with Gasteiger partial charge in [-0.2, -0.15) is 0 Å². The molecule has 0 unspecified atom stereocenters. The van der Waals surface area contributed by atoms with Crippen molar-refractivity contribution in [2.45, 2.75) is 104 Å². The molecule has 2 aromatic carbocycles. The maximum atomic E-state index is 11.7. The first-order chi connectivity index (χ1) is 18.8. The smallest absolute Gasteiger partial charge is 0.330 e. The van der Waals surface area contributed by atoms with Gasteiger partial charge in [0.1, 0.15) is 5.75 Å². The molecule has 0 atom stereocenters. The van der Waals surface area contributed by atoms with Crippen LogP contribution in [0.5, 0.6) is 5.75 Å². The zero-order valence-corrected chi connectivity index (χ0v) is 30.0. The quantitative estimate of drug-likeness (QED) is 0.105. The van der Waals surface area contributed by atoms with Gasteiger partial charge < -0.3 is 18.5 Å². The summed E-state index contributed by atoms with van der Waals surface area (Å²) >= 11 is 0. The second-order valence-electron chi connectivity index (χ2n) is 14.2. The Kier molecular flexibility index (Phi) is 11.7. The Labute approximate surface area is 252 Å². The summed E-state index contributed by atoms with van der Waals surface area (Å²) in [7, 11) is -2.35. The molecule has 0 heterocycles. The van der Waals surface area contributed by atoms with Crippen molar-refractivity contribution in [2.24, 2.45) is 0 Å². The van der Waals surface area contributed by atoms with E-state index in [2.05, 4.69) is 123 Å². The number of carbonyl (C=O) groups is 1. The first-order valence-electron chi connectivity index (χ1n) is 14.9. The van der Waals surface area contributed by atoms with Crippen molar-refractivity contribution in [1.82, 2.24) is 0 Å². The van der Waals surface area contributed by atoms with Crippen LogP contribution < -0.4 is 9.33 Å². The van der Waals surface area contributed by atoms with Crippen molar-refractivity contribution in [3.63, 3.8) is 0 Å². The highest BCUT2D eigenvalue weighted by Crippen LogP contribution is 2.40. The van der Waals surface area contributed by atoms with Gasteiger partial charge in [0.15, 0.2) is 8.32 Å². The monoisotopic (exact) mass is 597 g/mol. The molecule has 0 aromatic heterocycles. The average molecular weight is 598 g/mol. The highest BCUT2D eigenvalue weighted by molar-refractivity contribution is 6.75. The molecule has 0 N–H and O–H groups in total. The first kappa shape index (κ1) is 34.8. The van der Waals surface area contributed by atoms with Crippen LogP contribution in [0.1, 0.15) is 71.1 Å². The Morgan fingerprint density at radius 2 is 1.46 bits per heavy atom. The van der Waals surface area contributed by atoms with Crippen molar-refractivity contribution in [2.75, 3.05) is 25.2 Å². The number of hydrogen-bond acceptors (Lipinski definition) is 5. The predicted octanol–water partition coefficient (Wildman–Crippen LogP) is 9.81. The number of methoxy groups -OCH3 is 1. The lowest BCUT2D eigenvalue weighted by Crippen LogP contribution is -2.43. The summed E-state index contributed by atoms with van der Waals surface area (Å²) in [4.78, 5) is 14.1. The van der Waals surface area contributed by atoms with Crippen molar-refractivity contribution in [3.8, 4) is 5.75 Å². The van der Waals surface area contributed by atoms with Gasteiger partial charge in [-0.1, -0.05) is 47.6 Å². The Balaban J connectivity index is 2.41. The number of ether oxygens (including phenoxy) is 1. The third-order valence-corrected chi connectivity index (χ3v) is 17.6. The maximum Gasteiger partial charge on any atom is 0.330 e. The van der Waals surface area contributed by atoms with Crippen LogP contribution >= 0.6 is 0 Å². The molecule has 41 heavy (non-hydrogen) atoms. The minimum Gasteiger partial charge on any atom is -0.543 e. The van der Waals surface area contributed by atoms with E-state index in [1.54, 1.807) is 0 Å². The summed E-state index contributed by atoms with van der Waals surface area (Å²) in [6.07, 6.45) is 5.29. The van der Waals surface area contributed by atoms with E-state index in [1.807, 2.05) is 6.08 Å². The molecule has 0 aliphatic rings. The zero-order valence-electron chi connectivity index (χ0n) is 28.0. The topological polar surface area (TPSA) is 48.0 Å². The second-order valence-corrected chi connectivity index (χ2v) is 23.7. The van der Waals surface area contributed by atoms with Gasteiger partial charge in [-0.25, -0.2) is 4.79 Å². The summed E-state index contributed by atoms with van der Waals surface area (Å²) in [6.45, 7) is 28.8. The van der Waals surface area contributed by atoms with E-state index in [4.69, 9.17) is 13.6 Å². The van der Waals surface area contributed by atoms with Crippen LogP contribution in [0.4, 0.5) is 11.4 Å². The summed E-state index contributed by atoms with van der Waals surface area (Å²) in [5.74, 6) is 0.567. The summed E-state index contributed by atoms with van der Waals surface area (Å²) < 4.78 is 17.9. The predicted molar refractivity (Wildman–Crippen MR) is 181 cm³/mol. The number of nitrogens with zero attached hydrogens (tertiary/aromatic N) is 1. The van der Waals surface area contributed by atoms with Crippen LogP contribution in [0.2, 0.25) is 36.3 Å². The van der Waals surface area contributed by atoms with Crippen molar-refractivity contribution in [1.29, 1.82) is 0 Å². The van der Waals surface area contributed by atoms with Crippen LogP contribution in [0.25, 0.3) is 6.08 Å². The fourth-order valence-electron chi connectivity index (χ4n) is 4.19. The molecule has 0 saturated carbocycles. The van der Waals surface area contributed by atoms with Crippen LogP contribution in [-0.4, -0.2) is 42.9 Å². The van der Waals surface area contributed by atoms with Crippen LogP contribution in [0, 0.1) is 13.8 Å². The lowest BCUT2D eigenvalue weighted by atomic mass is 10.0. The number of rotatable bonds is 12. The second kappa shape index (κ2) is 13.7. The lowest BCUT2D eigenvalue weighted by molar-refractivity contribution is -0.134. The fraction of sp³-hybridized carbons (Fsp3) is 0.559. The largest absolute Gasteiger partial charge is 0.543 e. The number of hydrogen-bond donors (Lipinski definition) is 0. The van der Waals surface area contributed by atoms with Gasteiger partial charge in [0.05, 0.1) is 7.11 Å². The number of anilines is 2. The van der Waals surface area contributed by atoms with Crippen LogP contribution in [0.15, 0.2) is 42.5 Å². The van der Waals surface area contributed by atoms with Gasteiger partial charge in [0.2, 0.25) is 8.32 Å². The van der Waals surface area contributed by atoms with Gasteiger partial charge in [0.25, 0.3) is 0 Å². The number of esters is 1. The van der Waals surface area contributed by atoms with Gasteiger partial charge >= 0.3 is 5.97 Å². The maximum absolute atomic E-state index is 11.7. The third kappa shape index (κ3) is 9.58. The number of unbranched alkanes of at least 4 members (excludes halogenated alkanes) is 1. The van der Waals surface area contributed by atoms with Gasteiger partial charge in [-0.3, -0.25) is 0 Å². The lowest BCUT2D eigenvalue weighted by Gasteiger charge is -2.37. The molecule has 0 amide bonds. The Morgan fingerprint density at radius 3 is 2.00 bits per heavy atom. The molecule has 0 spiro atoms. The molecule has 7 heteroatoms. The Bertz CT molecular complexity index is 1180. The minimum atomic E-state index is -1.98. The number of carbonyl (C=O) groups excluding carboxylic acids is 1. The zero-order chi connectivity index (χ0) is 31.2. The molecule has 0 saturated heterocycles. The molecule has 2 aromatic rings. The fourth-order valence-corrected chi connectivity index (χ4v) is 6.30. The Hall–Kier alpha value is -2.36. The molecule has 0 fully saturated rings. The van der Waals surface area contributed by atoms with Gasteiger partial charge in [-0.05, 0) is 110 Å². The van der Waals surface area contributed by atoms with E-state index in [-0.39, 0.29) is 16.0 Å². The normalized spacial score (nSPS) is 13.0. The highest BCUT2D eigenvalue weighted by atomic mass is 28.4. The summed E-state index contributed by atoms with van der Waals surface area (Å²) in [5.41, 5.74) is 5.60. The minimum absolute atomic E-state index is 0.119. The van der Waals surface area contributed by atoms with Crippen LogP contribution in [0.3, 0.4) is 0 Å². The number of aryl methyl sites for hydroxylation is 2. The van der Waals surface area contributed by atoms with Crippen molar-refractivity contribution < 1.29 is 18.4 Å². The molecule has 228 valence electrons. The Morgan fingerprint density at radius 1 is 0.878 bits per heavy atom. The SMILES string of the molecule is COC(=O)/C=C/c1cc(C)c(N(CCCCO[Si](C)(C)C(C)(C)C)c2cccc(O[Si](C)(C)C(C)(C)C)c2)c(C)c1. The van der Waals surface area contributed by atoms with E-state index in [1.165, 1.54) is 18.9 Å². The van der Waals surface area contributed by atoms with E-state index in [0.717, 1.165) is 54.1 Å². The first-order valence-corrected chi connectivity index (χ1v) is 20.7. The molecule has 0 radical (unpaired) electrons. The van der Waals surface area contributed by atoms with Gasteiger partial charge in [0, 0.05) is 36.7 Å². The molecule has 5 nitrogen and oxygen atoms in total. The van der Waals surface area contributed by atoms with E-state index < -0.39 is 16.6 Å². The van der Waals surface area contributed by atoms with E-state index in [9.17, 15) is 4.79 Å². The van der Waals surface area contributed by atoms with Crippen molar-refractivity contribution >= 4 is 40.1 Å². The van der Waals surface area contributed by atoms with E-state index in [0.29, 0.717) is 0 Å².